The molecule has 1 fully saturated rings. The van der Waals surface area contributed by atoms with Gasteiger partial charge in [0.05, 0.1) is 12.2 Å². The molecule has 0 bridgehead atoms. The Morgan fingerprint density at radius 3 is 2.45 bits per heavy atom. The van der Waals surface area contributed by atoms with Crippen LogP contribution in [0.3, 0.4) is 0 Å². The van der Waals surface area contributed by atoms with E-state index in [1.165, 1.54) is 0 Å². The smallest absolute Gasteiger partial charge is 0.194 e. The average Bonchev–Trinajstić information content (AvgIpc) is 2.87. The molecule has 2 heterocycles. The maximum absolute atomic E-state index is 5.36. The number of guanidine groups is 1. The van der Waals surface area contributed by atoms with E-state index < -0.39 is 0 Å². The molecule has 0 radical (unpaired) electrons. The van der Waals surface area contributed by atoms with Crippen molar-refractivity contribution in [2.45, 2.75) is 59.5 Å². The molecule has 1 aliphatic heterocycles. The minimum atomic E-state index is 0. The normalized spacial score (nSPS) is 19.6. The van der Waals surface area contributed by atoms with Crippen LogP contribution in [0.5, 0.6) is 0 Å². The third-order valence-corrected chi connectivity index (χ3v) is 4.94. The van der Waals surface area contributed by atoms with Gasteiger partial charge in [0.1, 0.15) is 0 Å². The molecular weight excluding hydrogens is 391 g/mol. The topological polar surface area (TPSA) is 53.7 Å². The summed E-state index contributed by atoms with van der Waals surface area (Å²) in [5, 5.41) is 7.46. The maximum Gasteiger partial charge on any atom is 0.194 e. The van der Waals surface area contributed by atoms with E-state index in [4.69, 9.17) is 4.52 Å². The highest BCUT2D eigenvalue weighted by Gasteiger charge is 2.53. The van der Waals surface area contributed by atoms with Crippen LogP contribution in [0, 0.1) is 5.41 Å². The number of hydrogen-bond acceptors (Lipinski definition) is 3. The second-order valence-electron chi connectivity index (χ2n) is 7.30. The van der Waals surface area contributed by atoms with Crippen molar-refractivity contribution in [2.75, 3.05) is 13.6 Å². The van der Waals surface area contributed by atoms with Crippen molar-refractivity contribution in [2.24, 2.45) is 10.4 Å². The second-order valence-corrected chi connectivity index (χ2v) is 7.30. The van der Waals surface area contributed by atoms with E-state index in [0.29, 0.717) is 17.9 Å². The molecule has 1 aromatic heterocycles. The summed E-state index contributed by atoms with van der Waals surface area (Å²) < 4.78 is 5.36. The van der Waals surface area contributed by atoms with Crippen LogP contribution >= 0.6 is 24.0 Å². The number of rotatable bonds is 3. The van der Waals surface area contributed by atoms with Gasteiger partial charge in [0.2, 0.25) is 0 Å². The highest BCUT2D eigenvalue weighted by atomic mass is 127. The van der Waals surface area contributed by atoms with Gasteiger partial charge < -0.3 is 14.7 Å². The van der Waals surface area contributed by atoms with Gasteiger partial charge in [0.15, 0.2) is 11.7 Å². The molecule has 2 rings (SSSR count). The van der Waals surface area contributed by atoms with E-state index in [2.05, 4.69) is 61.9 Å². The molecule has 0 aliphatic carbocycles. The molecule has 1 aromatic rings. The lowest BCUT2D eigenvalue weighted by molar-refractivity contribution is -0.0668. The summed E-state index contributed by atoms with van der Waals surface area (Å²) in [6, 6.07) is 2.01. The zero-order valence-electron chi connectivity index (χ0n) is 14.7. The first-order chi connectivity index (χ1) is 9.69. The number of likely N-dealkylation sites (tertiary alicyclic amines) is 1. The first kappa shape index (κ1) is 19.3. The lowest BCUT2D eigenvalue weighted by Gasteiger charge is -2.62. The fraction of sp³-hybridized carbons (Fsp3) is 0.750. The summed E-state index contributed by atoms with van der Waals surface area (Å²) in [5.74, 6) is 2.15. The van der Waals surface area contributed by atoms with Gasteiger partial charge >= 0.3 is 0 Å². The third kappa shape index (κ3) is 3.41. The van der Waals surface area contributed by atoms with Gasteiger partial charge in [0.25, 0.3) is 0 Å². The van der Waals surface area contributed by atoms with Crippen LogP contribution in [0.2, 0.25) is 0 Å². The summed E-state index contributed by atoms with van der Waals surface area (Å²) in [7, 11) is 1.82. The van der Waals surface area contributed by atoms with E-state index in [-0.39, 0.29) is 29.5 Å². The van der Waals surface area contributed by atoms with E-state index in [9.17, 15) is 0 Å². The van der Waals surface area contributed by atoms with Crippen LogP contribution in [0.4, 0.5) is 0 Å². The molecule has 0 amide bonds. The summed E-state index contributed by atoms with van der Waals surface area (Å²) in [6.45, 7) is 14.9. The minimum Gasteiger partial charge on any atom is -0.359 e. The van der Waals surface area contributed by atoms with E-state index >= 15 is 0 Å². The van der Waals surface area contributed by atoms with Crippen molar-refractivity contribution in [3.05, 3.63) is 17.5 Å². The van der Waals surface area contributed by atoms with E-state index in [1.807, 2.05) is 13.1 Å². The number of hydrogen-bond donors (Lipinski definition) is 1. The Balaban J connectivity index is 0.00000242. The number of aliphatic imine (C=N–C) groups is 1. The highest BCUT2D eigenvalue weighted by Crippen LogP contribution is 2.46. The average molecular weight is 420 g/mol. The Kier molecular flexibility index (Phi) is 5.92. The van der Waals surface area contributed by atoms with Crippen LogP contribution in [-0.4, -0.2) is 35.1 Å². The number of halogens is 1. The molecule has 1 aliphatic rings. The number of nitrogens with one attached hydrogen (secondary N) is 1. The molecule has 5 nitrogen and oxygen atoms in total. The standard InChI is InChI=1S/C16H28N4O.HI/c1-11(2)13-8-12(21-19-13)9-18-14(17-7)20-10-15(3,4)16(20,5)6;/h8,11H,9-10H2,1-7H3,(H,17,18);1H. The summed E-state index contributed by atoms with van der Waals surface area (Å²) >= 11 is 0. The Morgan fingerprint density at radius 1 is 1.41 bits per heavy atom. The van der Waals surface area contributed by atoms with E-state index in [1.54, 1.807) is 0 Å². The molecule has 126 valence electrons. The second kappa shape index (κ2) is 6.76. The first-order valence-corrected chi connectivity index (χ1v) is 7.63. The summed E-state index contributed by atoms with van der Waals surface area (Å²) in [4.78, 5) is 6.71. The SMILES string of the molecule is CN=C(NCc1cc(C(C)C)no1)N1CC(C)(C)C1(C)C.I. The predicted molar refractivity (Wildman–Crippen MR) is 101 cm³/mol. The highest BCUT2D eigenvalue weighted by molar-refractivity contribution is 14.0. The van der Waals surface area contributed by atoms with Crippen LogP contribution < -0.4 is 5.32 Å². The quantitative estimate of drug-likeness (QED) is 0.461. The first-order valence-electron chi connectivity index (χ1n) is 7.63. The molecular formula is C16H29IN4O. The van der Waals surface area contributed by atoms with E-state index in [0.717, 1.165) is 24.0 Å². The molecule has 0 saturated carbocycles. The Labute approximate surface area is 150 Å². The molecule has 0 spiro atoms. The predicted octanol–water partition coefficient (Wildman–Crippen LogP) is 3.61. The molecule has 1 N–H and O–H groups in total. The molecule has 1 saturated heterocycles. The molecule has 0 aromatic carbocycles. The summed E-state index contributed by atoms with van der Waals surface area (Å²) in [5.41, 5.74) is 1.38. The zero-order valence-corrected chi connectivity index (χ0v) is 17.1. The molecule has 0 atom stereocenters. The van der Waals surface area contributed by atoms with Crippen LogP contribution in [0.25, 0.3) is 0 Å². The van der Waals surface area contributed by atoms with Crippen LogP contribution in [0.1, 0.15) is 58.9 Å². The van der Waals surface area contributed by atoms with Gasteiger partial charge in [-0.05, 0) is 19.8 Å². The zero-order chi connectivity index (χ0) is 15.8. The third-order valence-electron chi connectivity index (χ3n) is 4.94. The van der Waals surface area contributed by atoms with Crippen molar-refractivity contribution < 1.29 is 4.52 Å². The Bertz CT molecular complexity index is 534. The van der Waals surface area contributed by atoms with Gasteiger partial charge in [-0.3, -0.25) is 4.99 Å². The van der Waals surface area contributed by atoms with Crippen molar-refractivity contribution >= 4 is 29.9 Å². The fourth-order valence-corrected chi connectivity index (χ4v) is 2.55. The summed E-state index contributed by atoms with van der Waals surface area (Å²) in [6.07, 6.45) is 0. The van der Waals surface area contributed by atoms with Crippen molar-refractivity contribution in [3.8, 4) is 0 Å². The molecule has 22 heavy (non-hydrogen) atoms. The van der Waals surface area contributed by atoms with Gasteiger partial charge in [-0.1, -0.05) is 32.9 Å². The Morgan fingerprint density at radius 2 is 2.05 bits per heavy atom. The maximum atomic E-state index is 5.36. The lowest BCUT2D eigenvalue weighted by atomic mass is 9.65. The van der Waals surface area contributed by atoms with Crippen LogP contribution in [-0.2, 0) is 6.54 Å². The number of aromatic nitrogens is 1. The van der Waals surface area contributed by atoms with Gasteiger partial charge in [-0.15, -0.1) is 24.0 Å². The molecule has 6 heteroatoms. The Hall–Kier alpha value is -0.790. The lowest BCUT2D eigenvalue weighted by Crippen LogP contribution is -2.72. The minimum absolute atomic E-state index is 0. The number of nitrogens with zero attached hydrogens (tertiary/aromatic N) is 3. The van der Waals surface area contributed by atoms with Gasteiger partial charge in [-0.2, -0.15) is 0 Å². The van der Waals surface area contributed by atoms with Gasteiger partial charge in [-0.25, -0.2) is 0 Å². The monoisotopic (exact) mass is 420 g/mol. The fourth-order valence-electron chi connectivity index (χ4n) is 2.55. The largest absolute Gasteiger partial charge is 0.359 e. The van der Waals surface area contributed by atoms with Crippen molar-refractivity contribution in [1.82, 2.24) is 15.4 Å². The van der Waals surface area contributed by atoms with Crippen molar-refractivity contribution in [1.29, 1.82) is 0 Å². The molecule has 0 unspecified atom stereocenters. The van der Waals surface area contributed by atoms with Crippen molar-refractivity contribution in [3.63, 3.8) is 0 Å². The van der Waals surface area contributed by atoms with Gasteiger partial charge in [0, 0.05) is 30.6 Å². The van der Waals surface area contributed by atoms with Crippen LogP contribution in [0.15, 0.2) is 15.6 Å².